The molecule has 0 aliphatic heterocycles. The summed E-state index contributed by atoms with van der Waals surface area (Å²) < 4.78 is 14.5. The highest BCUT2D eigenvalue weighted by atomic mass is 79.9. The van der Waals surface area contributed by atoms with Gasteiger partial charge in [0.05, 0.1) is 11.0 Å². The number of nitrogens with zero attached hydrogens (tertiary/aromatic N) is 2. The molecule has 0 N–H and O–H groups in total. The highest BCUT2D eigenvalue weighted by molar-refractivity contribution is 9.10. The maximum absolute atomic E-state index is 12.4. The Hall–Kier alpha value is -0.260. The van der Waals surface area contributed by atoms with E-state index in [1.165, 1.54) is 3.97 Å². The maximum atomic E-state index is 12.4. The lowest BCUT2D eigenvalue weighted by Crippen LogP contribution is -1.81. The van der Waals surface area contributed by atoms with Crippen LogP contribution in [0.25, 0.3) is 11.0 Å². The minimum atomic E-state index is 0.0443. The quantitative estimate of drug-likeness (QED) is 0.790. The first kappa shape index (κ1) is 9.30. The highest BCUT2D eigenvalue weighted by Crippen LogP contribution is 2.27. The van der Waals surface area contributed by atoms with Gasteiger partial charge in [-0.25, -0.2) is 8.96 Å². The van der Waals surface area contributed by atoms with Crippen LogP contribution in [0.4, 0.5) is 3.89 Å². The molecule has 0 aliphatic rings. The van der Waals surface area contributed by atoms with Gasteiger partial charge in [0.15, 0.2) is 12.3 Å². The molecule has 0 bridgehead atoms. The largest absolute Gasteiger partial charge is 0.228 e. The Morgan fingerprint density at radius 2 is 2.31 bits per heavy atom. The maximum Gasteiger partial charge on any atom is 0.216 e. The molecular formula is C7H3BrClFN2S. The second kappa shape index (κ2) is 3.48. The van der Waals surface area contributed by atoms with E-state index in [-0.39, 0.29) is 17.6 Å². The topological polar surface area (TPSA) is 17.8 Å². The molecule has 0 saturated heterocycles. The summed E-state index contributed by atoms with van der Waals surface area (Å²) in [6.07, 6.45) is 0. The van der Waals surface area contributed by atoms with Crippen LogP contribution in [0, 0.1) is 0 Å². The number of aromatic nitrogens is 2. The van der Waals surface area contributed by atoms with Crippen molar-refractivity contribution in [3.63, 3.8) is 0 Å². The Bertz CT molecular complexity index is 459. The van der Waals surface area contributed by atoms with Crippen LogP contribution in [-0.4, -0.2) is 8.96 Å². The van der Waals surface area contributed by atoms with Gasteiger partial charge in [0.2, 0.25) is 5.28 Å². The van der Waals surface area contributed by atoms with Crippen molar-refractivity contribution in [1.29, 1.82) is 0 Å². The van der Waals surface area contributed by atoms with Crippen LogP contribution in [0.5, 0.6) is 0 Å². The van der Waals surface area contributed by atoms with E-state index in [0.717, 1.165) is 4.47 Å². The predicted octanol–water partition coefficient (Wildman–Crippen LogP) is 3.83. The summed E-state index contributed by atoms with van der Waals surface area (Å²) in [4.78, 5) is 3.98. The number of halogens is 3. The van der Waals surface area contributed by atoms with Gasteiger partial charge in [-0.3, -0.25) is 0 Å². The van der Waals surface area contributed by atoms with Crippen LogP contribution in [0.3, 0.4) is 0 Å². The molecule has 0 radical (unpaired) electrons. The lowest BCUT2D eigenvalue weighted by atomic mass is 10.3. The van der Waals surface area contributed by atoms with Crippen LogP contribution in [0.2, 0.25) is 5.28 Å². The standard InChI is InChI=1S/C7H3BrClFN2S/c8-4-1-2-6-5(3-4)11-7(9)12(6)13-10/h1-3H. The average Bonchev–Trinajstić information content (AvgIpc) is 2.39. The fourth-order valence-electron chi connectivity index (χ4n) is 1.07. The summed E-state index contributed by atoms with van der Waals surface area (Å²) in [5, 5.41) is 0.139. The molecule has 2 nitrogen and oxygen atoms in total. The van der Waals surface area contributed by atoms with Crippen LogP contribution in [-0.2, 0) is 0 Å². The fourth-order valence-corrected chi connectivity index (χ4v) is 2.00. The number of rotatable bonds is 1. The third kappa shape index (κ3) is 1.56. The molecule has 0 amide bonds. The molecule has 2 rings (SSSR count). The molecule has 6 heteroatoms. The van der Waals surface area contributed by atoms with Crippen LogP contribution < -0.4 is 0 Å². The molecular weight excluding hydrogens is 279 g/mol. The van der Waals surface area contributed by atoms with E-state index >= 15 is 0 Å². The summed E-state index contributed by atoms with van der Waals surface area (Å²) in [6.45, 7) is 0. The molecule has 0 atom stereocenters. The summed E-state index contributed by atoms with van der Waals surface area (Å²) in [7, 11) is 0. The van der Waals surface area contributed by atoms with Crippen LogP contribution in [0.15, 0.2) is 22.7 Å². The molecule has 0 fully saturated rings. The first-order valence-electron chi connectivity index (χ1n) is 3.35. The first-order valence-corrected chi connectivity index (χ1v) is 5.19. The van der Waals surface area contributed by atoms with E-state index in [9.17, 15) is 3.89 Å². The van der Waals surface area contributed by atoms with Gasteiger partial charge in [0.25, 0.3) is 0 Å². The molecule has 1 aromatic carbocycles. The summed E-state index contributed by atoms with van der Waals surface area (Å²) >= 11 is 9.04. The van der Waals surface area contributed by atoms with Gasteiger partial charge in [0.1, 0.15) is 0 Å². The van der Waals surface area contributed by atoms with Crippen molar-refractivity contribution in [2.45, 2.75) is 0 Å². The minimum Gasteiger partial charge on any atom is -0.228 e. The van der Waals surface area contributed by atoms with E-state index in [0.29, 0.717) is 11.0 Å². The van der Waals surface area contributed by atoms with Gasteiger partial charge >= 0.3 is 0 Å². The molecule has 68 valence electrons. The molecule has 0 saturated carbocycles. The zero-order valence-electron chi connectivity index (χ0n) is 6.17. The Kier molecular flexibility index (Phi) is 2.49. The summed E-state index contributed by atoms with van der Waals surface area (Å²) in [5.41, 5.74) is 1.34. The Morgan fingerprint density at radius 3 is 3.00 bits per heavy atom. The highest BCUT2D eigenvalue weighted by Gasteiger charge is 2.09. The van der Waals surface area contributed by atoms with E-state index < -0.39 is 0 Å². The normalized spacial score (nSPS) is 11.0. The molecule has 13 heavy (non-hydrogen) atoms. The zero-order valence-corrected chi connectivity index (χ0v) is 9.33. The van der Waals surface area contributed by atoms with Crippen molar-refractivity contribution in [3.8, 4) is 0 Å². The summed E-state index contributed by atoms with van der Waals surface area (Å²) in [6, 6.07) is 5.35. The van der Waals surface area contributed by atoms with Crippen molar-refractivity contribution in [1.82, 2.24) is 8.96 Å². The molecule has 0 aliphatic carbocycles. The molecule has 1 aromatic heterocycles. The number of hydrogen-bond donors (Lipinski definition) is 0. The molecule has 0 unspecified atom stereocenters. The third-order valence-corrected chi connectivity index (χ3v) is 2.96. The molecule has 0 spiro atoms. The lowest BCUT2D eigenvalue weighted by molar-refractivity contribution is 0.919. The van der Waals surface area contributed by atoms with Crippen molar-refractivity contribution in [2.24, 2.45) is 0 Å². The predicted molar refractivity (Wildman–Crippen MR) is 56.5 cm³/mol. The van der Waals surface area contributed by atoms with Crippen LogP contribution in [0.1, 0.15) is 0 Å². The Morgan fingerprint density at radius 1 is 1.54 bits per heavy atom. The zero-order chi connectivity index (χ0) is 9.42. The van der Waals surface area contributed by atoms with Crippen molar-refractivity contribution in [3.05, 3.63) is 28.0 Å². The third-order valence-electron chi connectivity index (χ3n) is 1.61. The number of fused-ring (bicyclic) bond motifs is 1. The van der Waals surface area contributed by atoms with E-state index in [1.807, 2.05) is 6.07 Å². The lowest BCUT2D eigenvalue weighted by Gasteiger charge is -1.94. The van der Waals surface area contributed by atoms with Crippen molar-refractivity contribution < 1.29 is 3.89 Å². The van der Waals surface area contributed by atoms with Crippen molar-refractivity contribution in [2.75, 3.05) is 0 Å². The number of benzene rings is 1. The van der Waals surface area contributed by atoms with Gasteiger partial charge < -0.3 is 0 Å². The second-order valence-corrected chi connectivity index (χ2v) is 4.13. The minimum absolute atomic E-state index is 0.0443. The second-order valence-electron chi connectivity index (χ2n) is 2.38. The smallest absolute Gasteiger partial charge is 0.216 e. The van der Waals surface area contributed by atoms with Crippen molar-refractivity contribution >= 4 is 50.9 Å². The van der Waals surface area contributed by atoms with Gasteiger partial charge in [-0.2, -0.15) is 0 Å². The first-order chi connectivity index (χ1) is 6.22. The van der Waals surface area contributed by atoms with Gasteiger partial charge in [0, 0.05) is 4.47 Å². The van der Waals surface area contributed by atoms with E-state index in [2.05, 4.69) is 20.9 Å². The monoisotopic (exact) mass is 280 g/mol. The fraction of sp³-hybridized carbons (Fsp3) is 0. The Balaban J connectivity index is 2.79. The summed E-state index contributed by atoms with van der Waals surface area (Å²) in [5.74, 6) is 0. The van der Waals surface area contributed by atoms with Gasteiger partial charge in [-0.05, 0) is 29.8 Å². The van der Waals surface area contributed by atoms with Gasteiger partial charge in [-0.15, -0.1) is 3.89 Å². The van der Waals surface area contributed by atoms with E-state index in [1.54, 1.807) is 12.1 Å². The molecule has 1 heterocycles. The van der Waals surface area contributed by atoms with Crippen LogP contribution >= 0.6 is 39.9 Å². The Labute approximate surface area is 91.6 Å². The average molecular weight is 282 g/mol. The number of hydrogen-bond acceptors (Lipinski definition) is 2. The van der Waals surface area contributed by atoms with Gasteiger partial charge in [-0.1, -0.05) is 15.9 Å². The number of imidazole rings is 1. The molecule has 2 aromatic rings. The van der Waals surface area contributed by atoms with E-state index in [4.69, 9.17) is 11.6 Å². The SMILES string of the molecule is FSn1c(Cl)nc2cc(Br)ccc21.